The van der Waals surface area contributed by atoms with Crippen LogP contribution in [0.5, 0.6) is 0 Å². The Labute approximate surface area is 138 Å². The van der Waals surface area contributed by atoms with E-state index in [0.717, 1.165) is 56.3 Å². The van der Waals surface area contributed by atoms with Crippen molar-refractivity contribution in [3.63, 3.8) is 0 Å². The fraction of sp³-hybridized carbons (Fsp3) is 0.526. The number of allylic oxidation sites excluding steroid dienone is 1. The zero-order chi connectivity index (χ0) is 16.1. The Morgan fingerprint density at radius 2 is 1.96 bits per heavy atom. The maximum absolute atomic E-state index is 12.0. The van der Waals surface area contributed by atoms with Gasteiger partial charge in [-0.25, -0.2) is 0 Å². The third-order valence-electron chi connectivity index (χ3n) is 4.96. The third-order valence-corrected chi connectivity index (χ3v) is 4.96. The standard InChI is InChI=1S/C19H26N2O2/c22-14-16-9-11-21(12-10-16)18-7-5-15(6-8-18)13-20-19(23)17-3-1-2-4-17/h3,5-8,16,22H,1-2,4,9-14H2,(H,20,23). The summed E-state index contributed by atoms with van der Waals surface area (Å²) >= 11 is 0. The molecule has 0 saturated carbocycles. The number of rotatable bonds is 5. The maximum atomic E-state index is 12.0. The van der Waals surface area contributed by atoms with Crippen molar-refractivity contribution in [3.05, 3.63) is 41.5 Å². The number of nitrogens with one attached hydrogen (secondary N) is 1. The summed E-state index contributed by atoms with van der Waals surface area (Å²) in [6.45, 7) is 2.91. The monoisotopic (exact) mass is 314 g/mol. The van der Waals surface area contributed by atoms with Crippen LogP contribution in [0.25, 0.3) is 0 Å². The first-order valence-corrected chi connectivity index (χ1v) is 8.68. The molecule has 23 heavy (non-hydrogen) atoms. The Morgan fingerprint density at radius 1 is 1.22 bits per heavy atom. The molecule has 1 saturated heterocycles. The van der Waals surface area contributed by atoms with Crippen LogP contribution in [0, 0.1) is 5.92 Å². The van der Waals surface area contributed by atoms with Crippen LogP contribution in [-0.4, -0.2) is 30.7 Å². The van der Waals surface area contributed by atoms with Gasteiger partial charge < -0.3 is 15.3 Å². The lowest BCUT2D eigenvalue weighted by Gasteiger charge is -2.33. The normalized spacial score (nSPS) is 18.8. The van der Waals surface area contributed by atoms with Gasteiger partial charge in [0, 0.05) is 37.5 Å². The van der Waals surface area contributed by atoms with Gasteiger partial charge in [-0.2, -0.15) is 0 Å². The smallest absolute Gasteiger partial charge is 0.247 e. The van der Waals surface area contributed by atoms with Crippen LogP contribution in [0.2, 0.25) is 0 Å². The molecular weight excluding hydrogens is 288 g/mol. The van der Waals surface area contributed by atoms with Gasteiger partial charge in [-0.1, -0.05) is 18.2 Å². The van der Waals surface area contributed by atoms with Crippen LogP contribution in [0.15, 0.2) is 35.9 Å². The molecule has 0 bridgehead atoms. The van der Waals surface area contributed by atoms with Gasteiger partial charge in [-0.3, -0.25) is 4.79 Å². The van der Waals surface area contributed by atoms with E-state index in [1.807, 2.05) is 0 Å². The first-order valence-electron chi connectivity index (χ1n) is 8.68. The number of hydrogen-bond acceptors (Lipinski definition) is 3. The van der Waals surface area contributed by atoms with Crippen molar-refractivity contribution in [1.29, 1.82) is 0 Å². The van der Waals surface area contributed by atoms with Crippen molar-refractivity contribution in [1.82, 2.24) is 5.32 Å². The summed E-state index contributed by atoms with van der Waals surface area (Å²) in [5, 5.41) is 12.2. The van der Waals surface area contributed by atoms with Gasteiger partial charge in [-0.15, -0.1) is 0 Å². The Kier molecular flexibility index (Phi) is 5.34. The largest absolute Gasteiger partial charge is 0.396 e. The average Bonchev–Trinajstić information content (AvgIpc) is 3.15. The van der Waals surface area contributed by atoms with Crippen LogP contribution < -0.4 is 10.2 Å². The van der Waals surface area contributed by atoms with E-state index in [1.54, 1.807) is 0 Å². The first kappa shape index (κ1) is 16.1. The number of amides is 1. The highest BCUT2D eigenvalue weighted by molar-refractivity contribution is 5.93. The number of piperidine rings is 1. The van der Waals surface area contributed by atoms with E-state index in [4.69, 9.17) is 0 Å². The lowest BCUT2D eigenvalue weighted by Crippen LogP contribution is -2.34. The van der Waals surface area contributed by atoms with E-state index in [2.05, 4.69) is 40.6 Å². The summed E-state index contributed by atoms with van der Waals surface area (Å²) in [5.74, 6) is 0.545. The average molecular weight is 314 g/mol. The van der Waals surface area contributed by atoms with E-state index in [9.17, 15) is 9.90 Å². The number of aliphatic hydroxyl groups is 1. The molecule has 1 aliphatic carbocycles. The quantitative estimate of drug-likeness (QED) is 0.878. The topological polar surface area (TPSA) is 52.6 Å². The summed E-state index contributed by atoms with van der Waals surface area (Å²) < 4.78 is 0. The summed E-state index contributed by atoms with van der Waals surface area (Å²) in [6, 6.07) is 8.46. The van der Waals surface area contributed by atoms with Crippen LogP contribution in [0.1, 0.15) is 37.7 Å². The van der Waals surface area contributed by atoms with E-state index in [-0.39, 0.29) is 5.91 Å². The Bertz CT molecular complexity index is 557. The molecule has 0 atom stereocenters. The van der Waals surface area contributed by atoms with Crippen molar-refractivity contribution in [2.75, 3.05) is 24.6 Å². The number of anilines is 1. The predicted molar refractivity (Wildman–Crippen MR) is 92.2 cm³/mol. The van der Waals surface area contributed by atoms with Gasteiger partial charge in [0.15, 0.2) is 0 Å². The van der Waals surface area contributed by atoms with Crippen LogP contribution in [0.3, 0.4) is 0 Å². The second-order valence-corrected chi connectivity index (χ2v) is 6.58. The summed E-state index contributed by atoms with van der Waals surface area (Å²) in [5.41, 5.74) is 3.30. The number of benzene rings is 1. The van der Waals surface area contributed by atoms with Crippen molar-refractivity contribution in [3.8, 4) is 0 Å². The van der Waals surface area contributed by atoms with Crippen molar-refractivity contribution in [2.24, 2.45) is 5.92 Å². The van der Waals surface area contributed by atoms with Gasteiger partial charge in [0.25, 0.3) is 0 Å². The number of aliphatic hydroxyl groups excluding tert-OH is 1. The van der Waals surface area contributed by atoms with Gasteiger partial charge in [-0.05, 0) is 55.7 Å². The number of carbonyl (C=O) groups excluding carboxylic acids is 1. The van der Waals surface area contributed by atoms with Crippen LogP contribution in [-0.2, 0) is 11.3 Å². The highest BCUT2D eigenvalue weighted by atomic mass is 16.3. The molecule has 1 amide bonds. The van der Waals surface area contributed by atoms with Crippen molar-refractivity contribution in [2.45, 2.75) is 38.6 Å². The van der Waals surface area contributed by atoms with E-state index < -0.39 is 0 Å². The molecule has 1 aromatic carbocycles. The van der Waals surface area contributed by atoms with Gasteiger partial charge in [0.05, 0.1) is 0 Å². The Balaban J connectivity index is 1.50. The second-order valence-electron chi connectivity index (χ2n) is 6.58. The second kappa shape index (κ2) is 7.64. The SMILES string of the molecule is O=C(NCc1ccc(N2CCC(CO)CC2)cc1)C1=CCCC1. The van der Waals surface area contributed by atoms with Gasteiger partial charge >= 0.3 is 0 Å². The van der Waals surface area contributed by atoms with Crippen LogP contribution >= 0.6 is 0 Å². The fourth-order valence-electron chi connectivity index (χ4n) is 3.37. The lowest BCUT2D eigenvalue weighted by molar-refractivity contribution is -0.117. The van der Waals surface area contributed by atoms with Crippen LogP contribution in [0.4, 0.5) is 5.69 Å². The molecule has 0 aromatic heterocycles. The van der Waals surface area contributed by atoms with Gasteiger partial charge in [0.1, 0.15) is 0 Å². The minimum absolute atomic E-state index is 0.0812. The zero-order valence-corrected chi connectivity index (χ0v) is 13.6. The molecule has 3 rings (SSSR count). The van der Waals surface area contributed by atoms with Crippen molar-refractivity contribution >= 4 is 11.6 Å². The Hall–Kier alpha value is -1.81. The molecule has 1 aromatic rings. The fourth-order valence-corrected chi connectivity index (χ4v) is 3.37. The first-order chi connectivity index (χ1) is 11.3. The summed E-state index contributed by atoms with van der Waals surface area (Å²) in [4.78, 5) is 14.4. The lowest BCUT2D eigenvalue weighted by atomic mass is 9.97. The van der Waals surface area contributed by atoms with E-state index in [1.165, 1.54) is 5.69 Å². The third kappa shape index (κ3) is 4.14. The molecule has 2 aliphatic rings. The molecule has 1 heterocycles. The number of hydrogen-bond donors (Lipinski definition) is 2. The molecule has 4 heteroatoms. The minimum Gasteiger partial charge on any atom is -0.396 e. The maximum Gasteiger partial charge on any atom is 0.247 e. The minimum atomic E-state index is 0.0812. The molecule has 0 spiro atoms. The highest BCUT2D eigenvalue weighted by Gasteiger charge is 2.18. The molecular formula is C19H26N2O2. The molecule has 4 nitrogen and oxygen atoms in total. The van der Waals surface area contributed by atoms with Crippen molar-refractivity contribution < 1.29 is 9.90 Å². The van der Waals surface area contributed by atoms with Gasteiger partial charge in [0.2, 0.25) is 5.91 Å². The molecule has 0 unspecified atom stereocenters. The zero-order valence-electron chi connectivity index (χ0n) is 13.6. The summed E-state index contributed by atoms with van der Waals surface area (Å²) in [6.07, 6.45) is 7.21. The molecule has 1 aliphatic heterocycles. The molecule has 124 valence electrons. The molecule has 1 fully saturated rings. The highest BCUT2D eigenvalue weighted by Crippen LogP contribution is 2.23. The van der Waals surface area contributed by atoms with E-state index >= 15 is 0 Å². The number of carbonyl (C=O) groups is 1. The Morgan fingerprint density at radius 3 is 2.57 bits per heavy atom. The van der Waals surface area contributed by atoms with E-state index in [0.29, 0.717) is 19.1 Å². The summed E-state index contributed by atoms with van der Waals surface area (Å²) in [7, 11) is 0. The number of nitrogens with zero attached hydrogens (tertiary/aromatic N) is 1. The predicted octanol–water partition coefficient (Wildman–Crippen LogP) is 2.62. The molecule has 0 radical (unpaired) electrons. The molecule has 2 N–H and O–H groups in total.